The average molecular weight is 389 g/mol. The van der Waals surface area contributed by atoms with Gasteiger partial charge in [-0.25, -0.2) is 0 Å². The monoisotopic (exact) mass is 388 g/mol. The zero-order valence-corrected chi connectivity index (χ0v) is 17.7. The molecule has 5 rings (SSSR count). The Morgan fingerprint density at radius 2 is 2.07 bits per heavy atom. The lowest BCUT2D eigenvalue weighted by molar-refractivity contribution is 0.0955. The molecule has 0 spiro atoms. The van der Waals surface area contributed by atoms with Crippen LogP contribution in [0.5, 0.6) is 5.75 Å². The quantitative estimate of drug-likeness (QED) is 0.680. The number of aromatic nitrogens is 1. The summed E-state index contributed by atoms with van der Waals surface area (Å²) in [5.74, 6) is 3.35. The summed E-state index contributed by atoms with van der Waals surface area (Å²) in [5, 5.41) is 0. The fourth-order valence-electron chi connectivity index (χ4n) is 6.59. The highest BCUT2D eigenvalue weighted by Crippen LogP contribution is 2.60. The lowest BCUT2D eigenvalue weighted by Gasteiger charge is -2.49. The number of benzene rings is 1. The van der Waals surface area contributed by atoms with Crippen molar-refractivity contribution in [2.24, 2.45) is 22.2 Å². The van der Waals surface area contributed by atoms with E-state index in [4.69, 9.17) is 9.73 Å². The number of methoxy groups -OCH3 is 1. The third kappa shape index (κ3) is 3.29. The second-order valence-electron chi connectivity index (χ2n) is 9.37. The van der Waals surface area contributed by atoms with Crippen molar-refractivity contribution in [2.75, 3.05) is 13.7 Å². The second kappa shape index (κ2) is 7.59. The third-order valence-electron chi connectivity index (χ3n) is 8.07. The number of fused-ring (bicyclic) bond motifs is 5. The fourth-order valence-corrected chi connectivity index (χ4v) is 6.59. The molecule has 0 N–H and O–H groups in total. The topological polar surface area (TPSA) is 34.5 Å². The van der Waals surface area contributed by atoms with Gasteiger partial charge in [-0.15, -0.1) is 0 Å². The van der Waals surface area contributed by atoms with Gasteiger partial charge in [0.05, 0.1) is 7.11 Å². The molecule has 0 radical (unpaired) electrons. The molecule has 29 heavy (non-hydrogen) atoms. The zero-order valence-electron chi connectivity index (χ0n) is 17.7. The number of pyridine rings is 1. The Labute approximate surface area is 174 Å². The summed E-state index contributed by atoms with van der Waals surface area (Å²) in [7, 11) is 1.77. The van der Waals surface area contributed by atoms with E-state index in [2.05, 4.69) is 42.2 Å². The Bertz CT molecular complexity index is 906. The van der Waals surface area contributed by atoms with E-state index in [1.54, 1.807) is 12.7 Å². The van der Waals surface area contributed by atoms with Gasteiger partial charge in [0, 0.05) is 36.0 Å². The van der Waals surface area contributed by atoms with Gasteiger partial charge in [0.15, 0.2) is 0 Å². The van der Waals surface area contributed by atoms with E-state index in [1.165, 1.54) is 49.8 Å². The molecule has 0 amide bonds. The van der Waals surface area contributed by atoms with Gasteiger partial charge in [0.2, 0.25) is 0 Å². The highest BCUT2D eigenvalue weighted by Gasteiger charge is 2.53. The van der Waals surface area contributed by atoms with Crippen LogP contribution in [-0.4, -0.2) is 24.4 Å². The maximum atomic E-state index is 5.47. The van der Waals surface area contributed by atoms with Gasteiger partial charge in [0.25, 0.3) is 0 Å². The Morgan fingerprint density at radius 1 is 1.14 bits per heavy atom. The molecular weight excluding hydrogens is 356 g/mol. The first kappa shape index (κ1) is 18.8. The van der Waals surface area contributed by atoms with Crippen LogP contribution in [0.3, 0.4) is 0 Å². The molecule has 3 aliphatic rings. The van der Waals surface area contributed by atoms with Gasteiger partial charge < -0.3 is 4.74 Å². The predicted molar refractivity (Wildman–Crippen MR) is 118 cm³/mol. The van der Waals surface area contributed by atoms with Crippen LogP contribution in [0.1, 0.15) is 61.8 Å². The molecule has 3 aliphatic carbocycles. The molecule has 0 unspecified atom stereocenters. The van der Waals surface area contributed by atoms with E-state index in [0.29, 0.717) is 5.41 Å². The van der Waals surface area contributed by atoms with Crippen molar-refractivity contribution in [3.05, 3.63) is 59.4 Å². The minimum Gasteiger partial charge on any atom is -0.497 e. The number of hydrogen-bond acceptors (Lipinski definition) is 3. The number of rotatable bonds is 4. The molecular formula is C26H32N2O. The van der Waals surface area contributed by atoms with Crippen LogP contribution in [0.4, 0.5) is 0 Å². The molecule has 2 saturated carbocycles. The fraction of sp³-hybridized carbons (Fsp3) is 0.538. The van der Waals surface area contributed by atoms with E-state index >= 15 is 0 Å². The molecule has 152 valence electrons. The number of aliphatic imine (C=N–C) groups is 1. The SMILES string of the molecule is COc1ccc2c(c1)CC[C@@H]1[C@@H]2CC[C@]2(C)C(=NCCc3ccccn3)CC[C@@H]12. The van der Waals surface area contributed by atoms with Crippen LogP contribution in [0.15, 0.2) is 47.6 Å². The van der Waals surface area contributed by atoms with Crippen molar-refractivity contribution < 1.29 is 4.74 Å². The molecule has 1 aromatic heterocycles. The molecule has 0 aliphatic heterocycles. The van der Waals surface area contributed by atoms with Gasteiger partial charge in [-0.1, -0.05) is 19.1 Å². The highest BCUT2D eigenvalue weighted by atomic mass is 16.5. The molecule has 3 heteroatoms. The number of hydrogen-bond donors (Lipinski definition) is 0. The van der Waals surface area contributed by atoms with Crippen molar-refractivity contribution in [1.29, 1.82) is 0 Å². The summed E-state index contributed by atoms with van der Waals surface area (Å²) in [6, 6.07) is 12.9. The molecule has 1 aromatic carbocycles. The minimum atomic E-state index is 0.315. The third-order valence-corrected chi connectivity index (χ3v) is 8.07. The van der Waals surface area contributed by atoms with Crippen LogP contribution < -0.4 is 4.74 Å². The lowest BCUT2D eigenvalue weighted by Crippen LogP contribution is -2.42. The summed E-state index contributed by atoms with van der Waals surface area (Å²) < 4.78 is 5.47. The van der Waals surface area contributed by atoms with E-state index in [-0.39, 0.29) is 0 Å². The van der Waals surface area contributed by atoms with Crippen LogP contribution >= 0.6 is 0 Å². The largest absolute Gasteiger partial charge is 0.497 e. The van der Waals surface area contributed by atoms with Crippen molar-refractivity contribution in [2.45, 2.75) is 57.8 Å². The van der Waals surface area contributed by atoms with Crippen molar-refractivity contribution in [3.8, 4) is 5.75 Å². The van der Waals surface area contributed by atoms with Crippen LogP contribution in [0.2, 0.25) is 0 Å². The maximum absolute atomic E-state index is 5.47. The number of aryl methyl sites for hydroxylation is 1. The molecule has 3 nitrogen and oxygen atoms in total. The van der Waals surface area contributed by atoms with Crippen molar-refractivity contribution in [3.63, 3.8) is 0 Å². The van der Waals surface area contributed by atoms with Gasteiger partial charge in [0.1, 0.15) is 5.75 Å². The van der Waals surface area contributed by atoms with E-state index in [1.807, 2.05) is 12.3 Å². The number of nitrogens with zero attached hydrogens (tertiary/aromatic N) is 2. The van der Waals surface area contributed by atoms with Gasteiger partial charge >= 0.3 is 0 Å². The predicted octanol–water partition coefficient (Wildman–Crippen LogP) is 5.63. The normalized spacial score (nSPS) is 31.8. The summed E-state index contributed by atoms with van der Waals surface area (Å²) in [5.41, 5.74) is 6.09. The van der Waals surface area contributed by atoms with Crippen molar-refractivity contribution in [1.82, 2.24) is 4.98 Å². The Hall–Kier alpha value is -2.16. The molecule has 2 aromatic rings. The van der Waals surface area contributed by atoms with Gasteiger partial charge in [-0.3, -0.25) is 9.98 Å². The van der Waals surface area contributed by atoms with E-state index < -0.39 is 0 Å². The van der Waals surface area contributed by atoms with Crippen LogP contribution in [0, 0.1) is 17.3 Å². The van der Waals surface area contributed by atoms with Crippen LogP contribution in [0.25, 0.3) is 0 Å². The summed E-state index contributed by atoms with van der Waals surface area (Å²) in [6.45, 7) is 3.40. The standard InChI is InChI=1S/C26H32N2O/c1-26-14-12-22-21-9-7-20(29-2)17-18(21)6-8-23(22)24(26)10-11-25(26)28-16-13-19-5-3-4-15-27-19/h3-5,7,9,15,17,22-24H,6,8,10-14,16H2,1-2H3/t22-,23-,24+,26+/m1/s1. The Kier molecular flexibility index (Phi) is 4.93. The Morgan fingerprint density at radius 3 is 2.90 bits per heavy atom. The first-order valence-corrected chi connectivity index (χ1v) is 11.3. The highest BCUT2D eigenvalue weighted by molar-refractivity contribution is 5.92. The number of ether oxygens (including phenoxy) is 1. The van der Waals surface area contributed by atoms with Crippen molar-refractivity contribution >= 4 is 5.71 Å². The lowest BCUT2D eigenvalue weighted by atomic mass is 9.55. The maximum Gasteiger partial charge on any atom is 0.119 e. The van der Waals surface area contributed by atoms with Gasteiger partial charge in [-0.2, -0.15) is 0 Å². The average Bonchev–Trinajstić information content (AvgIpc) is 3.10. The van der Waals surface area contributed by atoms with E-state index in [9.17, 15) is 0 Å². The van der Waals surface area contributed by atoms with E-state index in [0.717, 1.165) is 42.2 Å². The Balaban J connectivity index is 1.33. The first-order valence-electron chi connectivity index (χ1n) is 11.3. The molecule has 2 fully saturated rings. The van der Waals surface area contributed by atoms with Crippen LogP contribution in [-0.2, 0) is 12.8 Å². The molecule has 4 atom stereocenters. The smallest absolute Gasteiger partial charge is 0.119 e. The zero-order chi connectivity index (χ0) is 19.8. The first-order chi connectivity index (χ1) is 14.2. The summed E-state index contributed by atoms with van der Waals surface area (Å²) >= 11 is 0. The van der Waals surface area contributed by atoms with Gasteiger partial charge in [-0.05, 0) is 91.7 Å². The summed E-state index contributed by atoms with van der Waals surface area (Å²) in [4.78, 5) is 9.59. The molecule has 0 bridgehead atoms. The minimum absolute atomic E-state index is 0.315. The molecule has 0 saturated heterocycles. The second-order valence-corrected chi connectivity index (χ2v) is 9.37. The molecule has 1 heterocycles. The summed E-state index contributed by atoms with van der Waals surface area (Å²) in [6.07, 6.45) is 10.5.